The fraction of sp³-hybridized carbons (Fsp3) is 0.938. The van der Waals surface area contributed by atoms with Gasteiger partial charge in [0, 0.05) is 0 Å². The third-order valence-corrected chi connectivity index (χ3v) is 8.70. The number of hydrogen-bond acceptors (Lipinski definition) is 11. The summed E-state index contributed by atoms with van der Waals surface area (Å²) >= 11 is 0. The summed E-state index contributed by atoms with van der Waals surface area (Å²) in [7, 11) is -9.47. The number of ether oxygens (including phenoxy) is 2. The van der Waals surface area contributed by atoms with E-state index in [2.05, 4.69) is 25.0 Å². The second-order valence-corrected chi connectivity index (χ2v) is 14.1. The molecule has 0 aliphatic carbocycles. The topological polar surface area (TPSA) is 176 Å². The largest absolute Gasteiger partial charge is 1.00 e. The molecular weight excluding hydrogens is 670 g/mol. The molecule has 0 rings (SSSR count). The van der Waals surface area contributed by atoms with Crippen molar-refractivity contribution in [3.05, 3.63) is 0 Å². The van der Waals surface area contributed by atoms with E-state index in [9.17, 15) is 35.5 Å². The quantitative estimate of drug-likeness (QED) is 0.0344. The number of carbonyl (C=O) groups is 2. The summed E-state index contributed by atoms with van der Waals surface area (Å²) in [5.74, 6) is -2.03. The van der Waals surface area contributed by atoms with Gasteiger partial charge in [0.2, 0.25) is 10.4 Å². The van der Waals surface area contributed by atoms with Crippen LogP contribution in [0.2, 0.25) is 0 Å². The predicted octanol–water partition coefficient (Wildman–Crippen LogP) is 1.49. The third-order valence-electron chi connectivity index (χ3n) is 7.19. The van der Waals surface area contributed by atoms with Crippen molar-refractivity contribution in [2.45, 2.75) is 174 Å². The molecule has 0 spiro atoms. The Kier molecular flexibility index (Phi) is 44.0. The normalized spacial score (nSPS) is 11.8. The number of unbranched alkanes of at least 4 members (excludes halogenated alkanes) is 19. The first-order valence-electron chi connectivity index (χ1n) is 17.3. The fourth-order valence-electron chi connectivity index (χ4n) is 4.48. The van der Waals surface area contributed by atoms with Crippen LogP contribution < -0.4 is 59.1 Å². The van der Waals surface area contributed by atoms with Gasteiger partial charge >= 0.3 is 71.1 Å². The zero-order valence-corrected chi connectivity index (χ0v) is 35.9. The van der Waals surface area contributed by atoms with Gasteiger partial charge in [-0.25, -0.2) is 16.8 Å². The van der Waals surface area contributed by atoms with Crippen LogP contribution in [0.25, 0.3) is 0 Å². The van der Waals surface area contributed by atoms with Crippen LogP contribution in [0.15, 0.2) is 0 Å². The Hall–Kier alpha value is 0.720. The minimum absolute atomic E-state index is 0. The summed E-state index contributed by atoms with van der Waals surface area (Å²) in [6.07, 6.45) is 22.9. The van der Waals surface area contributed by atoms with Gasteiger partial charge in [-0.05, 0) is 19.3 Å². The summed E-state index contributed by atoms with van der Waals surface area (Å²) in [5.41, 5.74) is 0. The number of rotatable bonds is 30. The van der Waals surface area contributed by atoms with Crippen molar-refractivity contribution in [2.75, 3.05) is 19.8 Å². The van der Waals surface area contributed by atoms with E-state index in [0.29, 0.717) is 19.3 Å². The molecule has 0 saturated carbocycles. The van der Waals surface area contributed by atoms with Gasteiger partial charge in [-0.3, -0.25) is 13.8 Å². The molecule has 0 radical (unpaired) electrons. The first kappa shape index (κ1) is 54.5. The molecule has 0 aromatic rings. The van der Waals surface area contributed by atoms with Crippen LogP contribution in [-0.4, -0.2) is 63.0 Å². The maximum atomic E-state index is 11.9. The first-order chi connectivity index (χ1) is 21.4. The van der Waals surface area contributed by atoms with Gasteiger partial charge in [0.25, 0.3) is 0 Å². The van der Waals surface area contributed by atoms with Crippen molar-refractivity contribution in [3.8, 4) is 0 Å². The molecule has 11 nitrogen and oxygen atoms in total. The van der Waals surface area contributed by atoms with E-state index in [1.165, 1.54) is 51.4 Å². The van der Waals surface area contributed by atoms with Gasteiger partial charge < -0.3 is 18.6 Å². The summed E-state index contributed by atoms with van der Waals surface area (Å²) in [6, 6.07) is 0. The van der Waals surface area contributed by atoms with Crippen LogP contribution in [0.5, 0.6) is 0 Å². The van der Waals surface area contributed by atoms with Crippen molar-refractivity contribution < 1.29 is 108 Å². The monoisotopic (exact) mass is 732 g/mol. The maximum Gasteiger partial charge on any atom is 1.00 e. The molecule has 0 aliphatic rings. The number of hydrogen-bond donors (Lipinski definition) is 0. The molecule has 15 heteroatoms. The van der Waals surface area contributed by atoms with E-state index in [1.54, 1.807) is 0 Å². The average Bonchev–Trinajstić information content (AvgIpc) is 2.97. The minimum atomic E-state index is -4.98. The van der Waals surface area contributed by atoms with Crippen LogP contribution in [-0.2, 0) is 43.8 Å². The molecule has 47 heavy (non-hydrogen) atoms. The predicted molar refractivity (Wildman–Crippen MR) is 174 cm³/mol. The Morgan fingerprint density at radius 1 is 0.511 bits per heavy atom. The first-order valence-corrected chi connectivity index (χ1v) is 20.1. The van der Waals surface area contributed by atoms with Gasteiger partial charge in [0.15, 0.2) is 5.25 Å². The Morgan fingerprint density at radius 3 is 1.17 bits per heavy atom. The Bertz CT molecular complexity index is 918. The molecule has 0 heterocycles. The van der Waals surface area contributed by atoms with E-state index in [0.717, 1.165) is 70.6 Å². The van der Waals surface area contributed by atoms with Gasteiger partial charge in [0.05, 0.1) is 26.2 Å². The molecule has 0 N–H and O–H groups in total. The van der Waals surface area contributed by atoms with Crippen LogP contribution in [0.4, 0.5) is 0 Å². The van der Waals surface area contributed by atoms with Gasteiger partial charge in [-0.1, -0.05) is 143 Å². The molecular formula is C32H62Na2O11S2. The summed E-state index contributed by atoms with van der Waals surface area (Å²) in [6.45, 7) is 6.68. The van der Waals surface area contributed by atoms with Crippen molar-refractivity contribution in [3.63, 3.8) is 0 Å². The smallest absolute Gasteiger partial charge is 0.747 e. The van der Waals surface area contributed by atoms with Crippen LogP contribution in [0.3, 0.4) is 0 Å². The molecule has 270 valence electrons. The second-order valence-electron chi connectivity index (χ2n) is 11.5. The SMILES string of the molecule is CCCCCCCCCCCCOS(=O)(=O)[O-].CCCCCCCCOC(=O)CC(C(=O)OCCCCCCCC)S(=O)(=O)[O-].[Na+].[Na+]. The van der Waals surface area contributed by atoms with Crippen LogP contribution >= 0.6 is 0 Å². The molecule has 0 aromatic heterocycles. The summed E-state index contributed by atoms with van der Waals surface area (Å²) in [5, 5.41) is -2.04. The number of esters is 2. The summed E-state index contributed by atoms with van der Waals surface area (Å²) < 4.78 is 78.3. The summed E-state index contributed by atoms with van der Waals surface area (Å²) in [4.78, 5) is 23.7. The van der Waals surface area contributed by atoms with Gasteiger partial charge in [-0.15, -0.1) is 0 Å². The fourth-order valence-corrected chi connectivity index (χ4v) is 5.45. The Labute approximate surface area is 331 Å². The minimum Gasteiger partial charge on any atom is -0.747 e. The van der Waals surface area contributed by atoms with E-state index < -0.39 is 44.1 Å². The molecule has 1 unspecified atom stereocenters. The zero-order chi connectivity index (χ0) is 34.2. The molecule has 0 amide bonds. The van der Waals surface area contributed by atoms with Crippen molar-refractivity contribution in [2.24, 2.45) is 0 Å². The zero-order valence-electron chi connectivity index (χ0n) is 30.3. The number of carbonyl (C=O) groups excluding carboxylic acids is 2. The molecule has 0 fully saturated rings. The van der Waals surface area contributed by atoms with E-state index in [1.807, 2.05) is 0 Å². The van der Waals surface area contributed by atoms with E-state index >= 15 is 0 Å². The van der Waals surface area contributed by atoms with Gasteiger partial charge in [-0.2, -0.15) is 0 Å². The van der Waals surface area contributed by atoms with Crippen molar-refractivity contribution in [1.29, 1.82) is 0 Å². The van der Waals surface area contributed by atoms with E-state index in [-0.39, 0.29) is 78.9 Å². The standard InChI is InChI=1S/C20H38O7S.C12H26O4S.2Na/c1-3-5-7-9-11-13-15-26-19(21)17-18(28(23,24)25)20(22)27-16-14-12-10-8-6-4-2;1-2-3-4-5-6-7-8-9-10-11-12-16-17(13,14)15;;/h18H,3-17H2,1-2H3,(H,23,24,25);2-12H2,1H3,(H,13,14,15);;/q;;2*+1/p-2. The van der Waals surface area contributed by atoms with Crippen molar-refractivity contribution >= 4 is 32.5 Å². The molecule has 1 atom stereocenters. The van der Waals surface area contributed by atoms with Crippen LogP contribution in [0.1, 0.15) is 168 Å². The molecule has 0 saturated heterocycles. The molecule has 0 aliphatic heterocycles. The molecule has 0 aromatic carbocycles. The average molecular weight is 733 g/mol. The van der Waals surface area contributed by atoms with Crippen molar-refractivity contribution in [1.82, 2.24) is 0 Å². The molecule has 0 bridgehead atoms. The second kappa shape index (κ2) is 38.0. The van der Waals surface area contributed by atoms with Gasteiger partial charge in [0.1, 0.15) is 10.1 Å². The Morgan fingerprint density at radius 2 is 0.830 bits per heavy atom. The maximum absolute atomic E-state index is 11.9. The Balaban J connectivity index is -0.000000420. The van der Waals surface area contributed by atoms with E-state index in [4.69, 9.17) is 9.47 Å². The third kappa shape index (κ3) is 42.8. The van der Waals surface area contributed by atoms with Crippen LogP contribution in [0, 0.1) is 0 Å².